The van der Waals surface area contributed by atoms with Gasteiger partial charge in [0.05, 0.1) is 35.7 Å². The molecule has 0 atom stereocenters. The van der Waals surface area contributed by atoms with Gasteiger partial charge in [0, 0.05) is 0 Å². The van der Waals surface area contributed by atoms with Crippen molar-refractivity contribution in [3.8, 4) is 11.5 Å². The predicted molar refractivity (Wildman–Crippen MR) is 135 cm³/mol. The molecule has 9 nitrogen and oxygen atoms in total. The van der Waals surface area contributed by atoms with E-state index in [0.29, 0.717) is 40.6 Å². The van der Waals surface area contributed by atoms with Crippen molar-refractivity contribution in [2.75, 3.05) is 29.5 Å². The number of oxazole rings is 1. The lowest BCUT2D eigenvalue weighted by molar-refractivity contribution is -0.113. The van der Waals surface area contributed by atoms with Crippen molar-refractivity contribution >= 4 is 50.2 Å². The Morgan fingerprint density at radius 2 is 1.74 bits per heavy atom. The standard InChI is InChI=1S/C24H23N3O6S2/c1-3-32-21-11-7-4-8-17(21)25-23(28)15-34-24-26-19-14-16(12-13-22(19)33-24)35(29,30)27-18-9-5-6-10-20(18)31-2/h4-14,27H,3,15H2,1-2H3,(H,25,28). The molecule has 0 spiro atoms. The molecule has 35 heavy (non-hydrogen) atoms. The van der Waals surface area contributed by atoms with E-state index in [1.54, 1.807) is 42.5 Å². The Labute approximate surface area is 206 Å². The number of para-hydroxylation sites is 4. The summed E-state index contributed by atoms with van der Waals surface area (Å²) >= 11 is 1.10. The number of benzene rings is 3. The average molecular weight is 514 g/mol. The minimum absolute atomic E-state index is 0.0195. The molecule has 0 bridgehead atoms. The van der Waals surface area contributed by atoms with E-state index in [9.17, 15) is 13.2 Å². The van der Waals surface area contributed by atoms with Gasteiger partial charge < -0.3 is 19.2 Å². The maximum atomic E-state index is 12.9. The van der Waals surface area contributed by atoms with Crippen molar-refractivity contribution < 1.29 is 27.1 Å². The van der Waals surface area contributed by atoms with Gasteiger partial charge in [-0.15, -0.1) is 0 Å². The summed E-state index contributed by atoms with van der Waals surface area (Å²) in [6, 6.07) is 18.3. The van der Waals surface area contributed by atoms with Crippen LogP contribution in [-0.4, -0.2) is 38.8 Å². The van der Waals surface area contributed by atoms with Crippen LogP contribution in [0, 0.1) is 0 Å². The molecular formula is C24H23N3O6S2. The first kappa shape index (κ1) is 24.4. The summed E-state index contributed by atoms with van der Waals surface area (Å²) in [6.07, 6.45) is 0. The molecule has 1 heterocycles. The third-order valence-electron chi connectivity index (χ3n) is 4.79. The molecule has 4 rings (SSSR count). The number of hydrogen-bond donors (Lipinski definition) is 2. The number of rotatable bonds is 10. The molecule has 1 aromatic heterocycles. The number of hydrogen-bond acceptors (Lipinski definition) is 8. The lowest BCUT2D eigenvalue weighted by atomic mass is 10.3. The highest BCUT2D eigenvalue weighted by Gasteiger charge is 2.19. The quantitative estimate of drug-likeness (QED) is 0.291. The summed E-state index contributed by atoms with van der Waals surface area (Å²) in [5, 5.41) is 3.06. The number of nitrogens with one attached hydrogen (secondary N) is 2. The summed E-state index contributed by atoms with van der Waals surface area (Å²) in [6.45, 7) is 2.35. The molecule has 182 valence electrons. The highest BCUT2D eigenvalue weighted by atomic mass is 32.2. The van der Waals surface area contributed by atoms with Crippen LogP contribution in [-0.2, 0) is 14.8 Å². The van der Waals surface area contributed by atoms with Gasteiger partial charge in [-0.1, -0.05) is 36.0 Å². The summed E-state index contributed by atoms with van der Waals surface area (Å²) in [4.78, 5) is 16.8. The summed E-state index contributed by atoms with van der Waals surface area (Å²) in [7, 11) is -2.43. The van der Waals surface area contributed by atoms with Crippen LogP contribution < -0.4 is 19.5 Å². The number of sulfonamides is 1. The van der Waals surface area contributed by atoms with Gasteiger partial charge in [0.25, 0.3) is 15.2 Å². The second-order valence-corrected chi connectivity index (χ2v) is 9.79. The largest absolute Gasteiger partial charge is 0.495 e. The molecule has 11 heteroatoms. The minimum Gasteiger partial charge on any atom is -0.495 e. The van der Waals surface area contributed by atoms with Crippen LogP contribution in [0.5, 0.6) is 11.5 Å². The van der Waals surface area contributed by atoms with Crippen LogP contribution in [0.1, 0.15) is 6.92 Å². The van der Waals surface area contributed by atoms with Crippen LogP contribution in [0.15, 0.2) is 81.3 Å². The van der Waals surface area contributed by atoms with Crippen molar-refractivity contribution in [2.24, 2.45) is 0 Å². The van der Waals surface area contributed by atoms with E-state index in [-0.39, 0.29) is 21.8 Å². The highest BCUT2D eigenvalue weighted by Crippen LogP contribution is 2.29. The number of anilines is 2. The molecule has 1 amide bonds. The minimum atomic E-state index is -3.89. The average Bonchev–Trinajstić information content (AvgIpc) is 3.27. The molecule has 0 aliphatic carbocycles. The lowest BCUT2D eigenvalue weighted by Crippen LogP contribution is -2.14. The zero-order valence-electron chi connectivity index (χ0n) is 19.0. The van der Waals surface area contributed by atoms with Crippen molar-refractivity contribution in [3.63, 3.8) is 0 Å². The van der Waals surface area contributed by atoms with E-state index in [1.165, 1.54) is 25.3 Å². The van der Waals surface area contributed by atoms with Gasteiger partial charge >= 0.3 is 0 Å². The lowest BCUT2D eigenvalue weighted by Gasteiger charge is -2.11. The highest BCUT2D eigenvalue weighted by molar-refractivity contribution is 7.99. The van der Waals surface area contributed by atoms with Gasteiger partial charge in [-0.25, -0.2) is 13.4 Å². The fourth-order valence-electron chi connectivity index (χ4n) is 3.21. The van der Waals surface area contributed by atoms with Crippen molar-refractivity contribution in [1.82, 2.24) is 4.98 Å². The van der Waals surface area contributed by atoms with Crippen molar-refractivity contribution in [3.05, 3.63) is 66.7 Å². The van der Waals surface area contributed by atoms with Crippen molar-refractivity contribution in [2.45, 2.75) is 17.0 Å². The third-order valence-corrected chi connectivity index (χ3v) is 6.98. The van der Waals surface area contributed by atoms with E-state index in [1.807, 2.05) is 13.0 Å². The first-order chi connectivity index (χ1) is 16.9. The van der Waals surface area contributed by atoms with Gasteiger partial charge in [-0.05, 0) is 49.4 Å². The number of carbonyl (C=O) groups is 1. The van der Waals surface area contributed by atoms with E-state index in [4.69, 9.17) is 13.9 Å². The molecular weight excluding hydrogens is 490 g/mol. The fraction of sp³-hybridized carbons (Fsp3) is 0.167. The topological polar surface area (TPSA) is 120 Å². The van der Waals surface area contributed by atoms with E-state index in [2.05, 4.69) is 15.0 Å². The van der Waals surface area contributed by atoms with Gasteiger partial charge in [-0.2, -0.15) is 0 Å². The number of nitrogens with zero attached hydrogens (tertiary/aromatic N) is 1. The molecule has 0 aliphatic rings. The molecule has 0 aliphatic heterocycles. The Balaban J connectivity index is 1.45. The molecule has 2 N–H and O–H groups in total. The van der Waals surface area contributed by atoms with Crippen LogP contribution in [0.3, 0.4) is 0 Å². The monoisotopic (exact) mass is 513 g/mol. The second kappa shape index (κ2) is 10.7. The van der Waals surface area contributed by atoms with Gasteiger partial charge in [0.2, 0.25) is 5.91 Å². The smallest absolute Gasteiger partial charge is 0.262 e. The maximum absolute atomic E-state index is 12.9. The number of aromatic nitrogens is 1. The normalized spacial score (nSPS) is 11.3. The van der Waals surface area contributed by atoms with Gasteiger partial charge in [-0.3, -0.25) is 9.52 Å². The zero-order chi connectivity index (χ0) is 24.8. The predicted octanol–water partition coefficient (Wildman–Crippen LogP) is 4.77. The summed E-state index contributed by atoms with van der Waals surface area (Å²) < 4.78 is 44.7. The third kappa shape index (κ3) is 5.87. The number of carbonyl (C=O) groups excluding carboxylic acids is 1. The summed E-state index contributed by atoms with van der Waals surface area (Å²) in [5.74, 6) is 0.784. The van der Waals surface area contributed by atoms with E-state index >= 15 is 0 Å². The zero-order valence-corrected chi connectivity index (χ0v) is 20.6. The Kier molecular flexibility index (Phi) is 7.47. The molecule has 0 saturated heterocycles. The van der Waals surface area contributed by atoms with Gasteiger partial charge in [0.15, 0.2) is 5.58 Å². The number of ether oxygens (including phenoxy) is 2. The molecule has 4 aromatic rings. The Hall–Kier alpha value is -3.70. The SMILES string of the molecule is CCOc1ccccc1NC(=O)CSc1nc2cc(S(=O)(=O)Nc3ccccc3OC)ccc2o1. The first-order valence-corrected chi connectivity index (χ1v) is 13.1. The summed E-state index contributed by atoms with van der Waals surface area (Å²) in [5.41, 5.74) is 1.67. The number of fused-ring (bicyclic) bond motifs is 1. The second-order valence-electron chi connectivity index (χ2n) is 7.18. The Bertz CT molecular complexity index is 1450. The van der Waals surface area contributed by atoms with Crippen LogP contribution in [0.2, 0.25) is 0 Å². The van der Waals surface area contributed by atoms with Crippen LogP contribution in [0.25, 0.3) is 11.1 Å². The molecule has 0 radical (unpaired) electrons. The first-order valence-electron chi connectivity index (χ1n) is 10.6. The molecule has 0 fully saturated rings. The van der Waals surface area contributed by atoms with Crippen molar-refractivity contribution in [1.29, 1.82) is 0 Å². The Morgan fingerprint density at radius 1 is 1.03 bits per heavy atom. The van der Waals surface area contributed by atoms with Gasteiger partial charge in [0.1, 0.15) is 17.0 Å². The van der Waals surface area contributed by atoms with Crippen LogP contribution in [0.4, 0.5) is 11.4 Å². The number of thioether (sulfide) groups is 1. The van der Waals surface area contributed by atoms with E-state index in [0.717, 1.165) is 11.8 Å². The fourth-order valence-corrected chi connectivity index (χ4v) is 4.94. The van der Waals surface area contributed by atoms with Crippen LogP contribution >= 0.6 is 11.8 Å². The van der Waals surface area contributed by atoms with E-state index < -0.39 is 10.0 Å². The maximum Gasteiger partial charge on any atom is 0.262 e. The molecule has 3 aromatic carbocycles. The number of amides is 1. The Morgan fingerprint density at radius 3 is 2.49 bits per heavy atom. The molecule has 0 unspecified atom stereocenters. The molecule has 0 saturated carbocycles. The number of methoxy groups -OCH3 is 1.